The van der Waals surface area contributed by atoms with Crippen molar-refractivity contribution in [1.29, 1.82) is 0 Å². The van der Waals surface area contributed by atoms with Gasteiger partial charge in [0, 0.05) is 16.8 Å². The molecule has 1 atom stereocenters. The summed E-state index contributed by atoms with van der Waals surface area (Å²) in [5, 5.41) is 3.68. The highest BCUT2D eigenvalue weighted by Gasteiger charge is 2.35. The fourth-order valence-corrected chi connectivity index (χ4v) is 4.73. The topological polar surface area (TPSA) is 30.5 Å². The van der Waals surface area contributed by atoms with Crippen molar-refractivity contribution >= 4 is 11.3 Å². The molecule has 2 aliphatic heterocycles. The van der Waals surface area contributed by atoms with Crippen molar-refractivity contribution in [3.63, 3.8) is 0 Å². The maximum atomic E-state index is 6.62. The number of benzene rings is 3. The predicted molar refractivity (Wildman–Crippen MR) is 119 cm³/mol. The lowest BCUT2D eigenvalue weighted by molar-refractivity contribution is 0.242. The third-order valence-electron chi connectivity index (χ3n) is 5.76. The van der Waals surface area contributed by atoms with Crippen LogP contribution in [0.15, 0.2) is 66.7 Å². The van der Waals surface area contributed by atoms with Crippen LogP contribution >= 0.6 is 0 Å². The molecule has 0 amide bonds. The molecule has 0 fully saturated rings. The van der Waals surface area contributed by atoms with E-state index in [0.717, 1.165) is 28.3 Å². The average molecular weight is 383 g/mol. The first-order chi connectivity index (χ1) is 14.0. The molecule has 3 heteroatoms. The van der Waals surface area contributed by atoms with Gasteiger partial charge in [0.05, 0.1) is 18.2 Å². The van der Waals surface area contributed by atoms with E-state index in [1.807, 2.05) is 24.3 Å². The molecule has 3 nitrogen and oxygen atoms in total. The quantitative estimate of drug-likeness (QED) is 0.551. The van der Waals surface area contributed by atoms with E-state index < -0.39 is 0 Å². The zero-order chi connectivity index (χ0) is 20.2. The van der Waals surface area contributed by atoms with Gasteiger partial charge in [-0.1, -0.05) is 48.5 Å². The summed E-state index contributed by atoms with van der Waals surface area (Å²) < 4.78 is 12.3. The fourth-order valence-electron chi connectivity index (χ4n) is 4.73. The maximum absolute atomic E-state index is 6.62. The summed E-state index contributed by atoms with van der Waals surface area (Å²) in [6, 6.07) is 20.9. The van der Waals surface area contributed by atoms with Crippen LogP contribution in [0.4, 0.5) is 5.69 Å². The van der Waals surface area contributed by atoms with Crippen molar-refractivity contribution in [3.8, 4) is 22.6 Å². The zero-order valence-corrected chi connectivity index (χ0v) is 17.2. The number of ether oxygens (including phenoxy) is 2. The lowest BCUT2D eigenvalue weighted by Gasteiger charge is -2.37. The van der Waals surface area contributed by atoms with Crippen molar-refractivity contribution in [3.05, 3.63) is 83.4 Å². The molecule has 0 unspecified atom stereocenters. The number of rotatable bonds is 2. The maximum Gasteiger partial charge on any atom is 0.150 e. The van der Waals surface area contributed by atoms with Gasteiger partial charge in [0.2, 0.25) is 0 Å². The third kappa shape index (κ3) is 2.80. The molecule has 3 aromatic carbocycles. The first kappa shape index (κ1) is 17.9. The lowest BCUT2D eigenvalue weighted by atomic mass is 9.80. The van der Waals surface area contributed by atoms with Gasteiger partial charge in [0.15, 0.2) is 6.10 Å². The number of anilines is 1. The van der Waals surface area contributed by atoms with E-state index in [2.05, 4.69) is 68.6 Å². The van der Waals surface area contributed by atoms with Crippen molar-refractivity contribution in [2.45, 2.75) is 32.4 Å². The van der Waals surface area contributed by atoms with E-state index in [1.165, 1.54) is 22.3 Å². The van der Waals surface area contributed by atoms with Gasteiger partial charge in [-0.2, -0.15) is 0 Å². The van der Waals surface area contributed by atoms with E-state index in [9.17, 15) is 0 Å². The monoisotopic (exact) mass is 383 g/mol. The highest BCUT2D eigenvalue weighted by molar-refractivity contribution is 5.91. The van der Waals surface area contributed by atoms with Crippen molar-refractivity contribution in [2.24, 2.45) is 0 Å². The molecule has 2 heterocycles. The number of fused-ring (bicyclic) bond motifs is 5. The molecular weight excluding hydrogens is 358 g/mol. The first-order valence-corrected chi connectivity index (χ1v) is 10.0. The van der Waals surface area contributed by atoms with Gasteiger partial charge < -0.3 is 14.8 Å². The Hall–Kier alpha value is -3.20. The SMILES string of the molecule is COc1cccc2c1-c1ccc3c(c1[C@H](c1ccccc1)O2)C(C)=CC(C)(C)N3. The van der Waals surface area contributed by atoms with Crippen LogP contribution in [0.1, 0.15) is 43.6 Å². The summed E-state index contributed by atoms with van der Waals surface area (Å²) in [6.07, 6.45) is 2.13. The molecule has 0 aromatic heterocycles. The van der Waals surface area contributed by atoms with Crippen molar-refractivity contribution in [2.75, 3.05) is 12.4 Å². The summed E-state index contributed by atoms with van der Waals surface area (Å²) >= 11 is 0. The van der Waals surface area contributed by atoms with Crippen LogP contribution in [0.2, 0.25) is 0 Å². The fraction of sp³-hybridized carbons (Fsp3) is 0.231. The Morgan fingerprint density at radius 2 is 1.72 bits per heavy atom. The number of nitrogens with one attached hydrogen (secondary N) is 1. The van der Waals surface area contributed by atoms with E-state index in [0.29, 0.717) is 0 Å². The van der Waals surface area contributed by atoms with E-state index in [1.54, 1.807) is 7.11 Å². The summed E-state index contributed by atoms with van der Waals surface area (Å²) in [6.45, 7) is 6.59. The van der Waals surface area contributed by atoms with Crippen LogP contribution < -0.4 is 14.8 Å². The van der Waals surface area contributed by atoms with Gasteiger partial charge in [-0.3, -0.25) is 0 Å². The molecule has 5 rings (SSSR count). The molecule has 0 saturated heterocycles. The van der Waals surface area contributed by atoms with E-state index >= 15 is 0 Å². The second-order valence-corrected chi connectivity index (χ2v) is 8.37. The van der Waals surface area contributed by atoms with Gasteiger partial charge in [-0.05, 0) is 55.7 Å². The minimum absolute atomic E-state index is 0.0846. The Labute approximate surface area is 172 Å². The number of hydrogen-bond acceptors (Lipinski definition) is 3. The van der Waals surface area contributed by atoms with Crippen LogP contribution in [-0.2, 0) is 0 Å². The predicted octanol–water partition coefficient (Wildman–Crippen LogP) is 6.45. The van der Waals surface area contributed by atoms with E-state index in [-0.39, 0.29) is 11.6 Å². The van der Waals surface area contributed by atoms with Gasteiger partial charge in [0.25, 0.3) is 0 Å². The molecule has 0 radical (unpaired) electrons. The van der Waals surface area contributed by atoms with Crippen LogP contribution in [0.5, 0.6) is 11.5 Å². The minimum atomic E-state index is -0.174. The Bertz CT molecular complexity index is 1130. The highest BCUT2D eigenvalue weighted by atomic mass is 16.5. The summed E-state index contributed by atoms with van der Waals surface area (Å²) in [4.78, 5) is 0. The molecular formula is C26H25NO2. The van der Waals surface area contributed by atoms with Crippen molar-refractivity contribution in [1.82, 2.24) is 0 Å². The second kappa shape index (κ2) is 6.41. The van der Waals surface area contributed by atoms with Gasteiger partial charge >= 0.3 is 0 Å². The smallest absolute Gasteiger partial charge is 0.150 e. The lowest BCUT2D eigenvalue weighted by Crippen LogP contribution is -2.32. The molecule has 3 aromatic rings. The number of hydrogen-bond donors (Lipinski definition) is 1. The Kier molecular flexibility index (Phi) is 3.95. The molecule has 1 N–H and O–H groups in total. The Balaban J connectivity index is 1.84. The standard InChI is InChI=1S/C26H25NO2/c1-16-15-26(2,3)27-19-14-13-18-23-20(28-4)11-8-12-21(23)29-25(24(18)22(16)19)17-9-6-5-7-10-17/h5-15,25,27H,1-4H3/t25-/m0/s1. The van der Waals surface area contributed by atoms with Crippen LogP contribution in [0.3, 0.4) is 0 Å². The minimum Gasteiger partial charge on any atom is -0.496 e. The molecule has 0 aliphatic carbocycles. The Morgan fingerprint density at radius 1 is 0.931 bits per heavy atom. The summed E-state index contributed by atoms with van der Waals surface area (Å²) in [7, 11) is 1.71. The average Bonchev–Trinajstić information content (AvgIpc) is 2.71. The largest absolute Gasteiger partial charge is 0.496 e. The normalized spacial score (nSPS) is 18.3. The highest BCUT2D eigenvalue weighted by Crippen LogP contribution is 2.53. The number of allylic oxidation sites excluding steroid dienone is 1. The van der Waals surface area contributed by atoms with Crippen molar-refractivity contribution < 1.29 is 9.47 Å². The first-order valence-electron chi connectivity index (χ1n) is 10.0. The van der Waals surface area contributed by atoms with E-state index in [4.69, 9.17) is 9.47 Å². The van der Waals surface area contributed by atoms with Gasteiger partial charge in [-0.25, -0.2) is 0 Å². The summed E-state index contributed by atoms with van der Waals surface area (Å²) in [5.41, 5.74) is 8.10. The zero-order valence-electron chi connectivity index (χ0n) is 17.2. The third-order valence-corrected chi connectivity index (χ3v) is 5.76. The van der Waals surface area contributed by atoms with Gasteiger partial charge in [0.1, 0.15) is 11.5 Å². The Morgan fingerprint density at radius 3 is 2.48 bits per heavy atom. The molecule has 0 bridgehead atoms. The van der Waals surface area contributed by atoms with Crippen LogP contribution in [-0.4, -0.2) is 12.6 Å². The number of methoxy groups -OCH3 is 1. The molecule has 29 heavy (non-hydrogen) atoms. The molecule has 0 saturated carbocycles. The second-order valence-electron chi connectivity index (χ2n) is 8.37. The molecule has 2 aliphatic rings. The summed E-state index contributed by atoms with van der Waals surface area (Å²) in [5.74, 6) is 1.69. The van der Waals surface area contributed by atoms with Gasteiger partial charge in [-0.15, -0.1) is 0 Å². The van der Waals surface area contributed by atoms with Crippen LogP contribution in [0, 0.1) is 0 Å². The molecule has 146 valence electrons. The molecule has 0 spiro atoms. The van der Waals surface area contributed by atoms with Crippen LogP contribution in [0.25, 0.3) is 16.7 Å².